The summed E-state index contributed by atoms with van der Waals surface area (Å²) in [5.74, 6) is 0.819. The van der Waals surface area contributed by atoms with Crippen molar-refractivity contribution in [2.24, 2.45) is 17.0 Å². The van der Waals surface area contributed by atoms with Crippen molar-refractivity contribution in [1.29, 1.82) is 0 Å². The van der Waals surface area contributed by atoms with E-state index in [1.807, 2.05) is 23.1 Å². The molecule has 5 heteroatoms. The first-order valence-electron chi connectivity index (χ1n) is 8.09. The van der Waals surface area contributed by atoms with Crippen LogP contribution in [0.2, 0.25) is 0 Å². The van der Waals surface area contributed by atoms with Gasteiger partial charge in [-0.2, -0.15) is 0 Å². The molecule has 1 saturated carbocycles. The zero-order valence-corrected chi connectivity index (χ0v) is 12.9. The molecule has 0 spiro atoms. The van der Waals surface area contributed by atoms with Gasteiger partial charge < -0.3 is 4.90 Å². The Bertz CT molecular complexity index is 578. The first kappa shape index (κ1) is 14.9. The van der Waals surface area contributed by atoms with Crippen LogP contribution < -0.4 is 0 Å². The lowest BCUT2D eigenvalue weighted by molar-refractivity contribution is -0.129. The van der Waals surface area contributed by atoms with Gasteiger partial charge in [0, 0.05) is 23.9 Å². The van der Waals surface area contributed by atoms with Gasteiger partial charge in [0.15, 0.2) is 0 Å². The lowest BCUT2D eigenvalue weighted by Crippen LogP contribution is -2.34. The van der Waals surface area contributed by atoms with E-state index in [9.17, 15) is 4.79 Å². The van der Waals surface area contributed by atoms with Crippen molar-refractivity contribution in [2.45, 2.75) is 44.7 Å². The van der Waals surface area contributed by atoms with Crippen LogP contribution in [0.25, 0.3) is 10.4 Å². The maximum Gasteiger partial charge on any atom is 0.223 e. The van der Waals surface area contributed by atoms with E-state index in [4.69, 9.17) is 5.53 Å². The van der Waals surface area contributed by atoms with E-state index >= 15 is 0 Å². The molecule has 0 bridgehead atoms. The molecule has 3 rings (SSSR count). The van der Waals surface area contributed by atoms with Crippen LogP contribution in [0.5, 0.6) is 0 Å². The van der Waals surface area contributed by atoms with Crippen molar-refractivity contribution in [1.82, 2.24) is 4.90 Å². The van der Waals surface area contributed by atoms with Crippen LogP contribution in [0, 0.1) is 11.8 Å². The average molecular weight is 298 g/mol. The van der Waals surface area contributed by atoms with Gasteiger partial charge in [-0.05, 0) is 29.9 Å². The number of rotatable bonds is 5. The largest absolute Gasteiger partial charge is 0.336 e. The highest BCUT2D eigenvalue weighted by atomic mass is 16.2. The number of amides is 1. The second-order valence-corrected chi connectivity index (χ2v) is 6.48. The molecule has 1 unspecified atom stereocenters. The highest BCUT2D eigenvalue weighted by Crippen LogP contribution is 2.39. The van der Waals surface area contributed by atoms with E-state index in [2.05, 4.69) is 29.1 Å². The van der Waals surface area contributed by atoms with Crippen LogP contribution in [-0.4, -0.2) is 23.4 Å². The summed E-state index contributed by atoms with van der Waals surface area (Å²) in [6, 6.07) is 10.2. The summed E-state index contributed by atoms with van der Waals surface area (Å²) in [5.41, 5.74) is 10.00. The Morgan fingerprint density at radius 1 is 1.27 bits per heavy atom. The third kappa shape index (κ3) is 2.81. The summed E-state index contributed by atoms with van der Waals surface area (Å²) in [4.78, 5) is 17.4. The number of nitrogens with zero attached hydrogens (tertiary/aromatic N) is 4. The van der Waals surface area contributed by atoms with Gasteiger partial charge in [0.25, 0.3) is 0 Å². The van der Waals surface area contributed by atoms with Gasteiger partial charge in [-0.1, -0.05) is 54.7 Å². The third-order valence-electron chi connectivity index (χ3n) is 5.24. The number of carbonyl (C=O) groups excluding carboxylic acids is 1. The smallest absolute Gasteiger partial charge is 0.223 e. The predicted molar refractivity (Wildman–Crippen MR) is 85.0 cm³/mol. The van der Waals surface area contributed by atoms with Crippen LogP contribution in [0.3, 0.4) is 0 Å². The van der Waals surface area contributed by atoms with Gasteiger partial charge in [-0.15, -0.1) is 0 Å². The summed E-state index contributed by atoms with van der Waals surface area (Å²) in [5, 5.41) is 4.03. The van der Waals surface area contributed by atoms with Crippen LogP contribution in [-0.2, 0) is 4.79 Å². The molecule has 0 radical (unpaired) electrons. The Kier molecular flexibility index (Phi) is 4.34. The van der Waals surface area contributed by atoms with E-state index in [0.717, 1.165) is 18.4 Å². The molecule has 1 saturated heterocycles. The Morgan fingerprint density at radius 2 is 2.00 bits per heavy atom. The summed E-state index contributed by atoms with van der Waals surface area (Å²) < 4.78 is 0. The Balaban J connectivity index is 1.73. The van der Waals surface area contributed by atoms with Crippen molar-refractivity contribution < 1.29 is 4.79 Å². The van der Waals surface area contributed by atoms with E-state index in [0.29, 0.717) is 18.9 Å². The minimum absolute atomic E-state index is 0.0179. The normalized spacial score (nSPS) is 24.5. The number of carbonyl (C=O) groups is 1. The topological polar surface area (TPSA) is 69.1 Å². The monoisotopic (exact) mass is 298 g/mol. The molecule has 1 aliphatic carbocycles. The minimum Gasteiger partial charge on any atom is -0.336 e. The minimum atomic E-state index is -0.0179. The summed E-state index contributed by atoms with van der Waals surface area (Å²) in [7, 11) is 0. The Morgan fingerprint density at radius 3 is 2.59 bits per heavy atom. The second kappa shape index (κ2) is 6.41. The van der Waals surface area contributed by atoms with Gasteiger partial charge in [0.1, 0.15) is 0 Å². The second-order valence-electron chi connectivity index (χ2n) is 6.48. The lowest BCUT2D eigenvalue weighted by atomic mass is 9.75. The van der Waals surface area contributed by atoms with Crippen LogP contribution in [0.1, 0.15) is 44.2 Å². The Labute approximate surface area is 130 Å². The summed E-state index contributed by atoms with van der Waals surface area (Å²) >= 11 is 0. The molecule has 0 aromatic heterocycles. The molecule has 3 atom stereocenters. The highest BCUT2D eigenvalue weighted by Gasteiger charge is 2.41. The molecule has 2 aliphatic rings. The van der Waals surface area contributed by atoms with E-state index in [1.165, 1.54) is 6.42 Å². The third-order valence-corrected chi connectivity index (χ3v) is 5.24. The van der Waals surface area contributed by atoms with E-state index < -0.39 is 0 Å². The van der Waals surface area contributed by atoms with Crippen molar-refractivity contribution >= 4 is 5.91 Å². The SMILES string of the molecule is C[C@@H](c1ccccc1)N1C[C@H](C(N=[N+]=[N-])C2CCC2)CC1=O. The summed E-state index contributed by atoms with van der Waals surface area (Å²) in [6.07, 6.45) is 3.98. The van der Waals surface area contributed by atoms with Crippen molar-refractivity contribution in [3.63, 3.8) is 0 Å². The van der Waals surface area contributed by atoms with Gasteiger partial charge >= 0.3 is 0 Å². The molecular formula is C17H22N4O. The number of benzene rings is 1. The molecule has 2 fully saturated rings. The molecule has 1 heterocycles. The predicted octanol–water partition coefficient (Wildman–Crippen LogP) is 4.08. The molecule has 1 amide bonds. The molecule has 1 aromatic rings. The molecule has 1 aliphatic heterocycles. The number of azide groups is 1. The average Bonchev–Trinajstić information content (AvgIpc) is 2.87. The maximum absolute atomic E-state index is 12.4. The zero-order valence-electron chi connectivity index (χ0n) is 12.9. The lowest BCUT2D eigenvalue weighted by Gasteiger charge is -2.34. The van der Waals surface area contributed by atoms with Gasteiger partial charge in [0.05, 0.1) is 6.04 Å². The quantitative estimate of drug-likeness (QED) is 0.459. The fourth-order valence-electron chi connectivity index (χ4n) is 3.69. The standard InChI is InChI=1S/C17H22N4O/c1-12(13-6-3-2-4-7-13)21-11-15(10-16(21)22)17(19-20-18)14-8-5-9-14/h2-4,6-7,12,14-15,17H,5,8-11H2,1H3/t12-,15+,17?/m0/s1. The van der Waals surface area contributed by atoms with Crippen LogP contribution in [0.4, 0.5) is 0 Å². The number of likely N-dealkylation sites (tertiary alicyclic amines) is 1. The van der Waals surface area contributed by atoms with E-state index in [1.54, 1.807) is 0 Å². The zero-order chi connectivity index (χ0) is 15.5. The number of hydrogen-bond acceptors (Lipinski definition) is 2. The fraction of sp³-hybridized carbons (Fsp3) is 0.588. The van der Waals surface area contributed by atoms with Crippen LogP contribution in [0.15, 0.2) is 35.4 Å². The molecule has 1 aromatic carbocycles. The first-order valence-corrected chi connectivity index (χ1v) is 8.09. The highest BCUT2D eigenvalue weighted by molar-refractivity contribution is 5.79. The van der Waals surface area contributed by atoms with Gasteiger partial charge in [0.2, 0.25) is 5.91 Å². The molecule has 22 heavy (non-hydrogen) atoms. The Hall–Kier alpha value is -2.00. The summed E-state index contributed by atoms with van der Waals surface area (Å²) in [6.45, 7) is 2.77. The molecule has 5 nitrogen and oxygen atoms in total. The van der Waals surface area contributed by atoms with Crippen molar-refractivity contribution in [3.05, 3.63) is 46.3 Å². The molecule has 116 valence electrons. The van der Waals surface area contributed by atoms with E-state index in [-0.39, 0.29) is 23.9 Å². The fourth-order valence-corrected chi connectivity index (χ4v) is 3.69. The maximum atomic E-state index is 12.4. The molecular weight excluding hydrogens is 276 g/mol. The van der Waals surface area contributed by atoms with Gasteiger partial charge in [-0.3, -0.25) is 4.79 Å². The molecule has 0 N–H and O–H groups in total. The van der Waals surface area contributed by atoms with Crippen molar-refractivity contribution in [2.75, 3.05) is 6.54 Å². The number of hydrogen-bond donors (Lipinski definition) is 0. The van der Waals surface area contributed by atoms with Crippen molar-refractivity contribution in [3.8, 4) is 0 Å². The first-order chi connectivity index (χ1) is 10.7. The van der Waals surface area contributed by atoms with Crippen LogP contribution >= 0.6 is 0 Å². The van der Waals surface area contributed by atoms with Gasteiger partial charge in [-0.25, -0.2) is 0 Å².